The lowest BCUT2D eigenvalue weighted by atomic mass is 10.0. The van der Waals surface area contributed by atoms with E-state index in [9.17, 15) is 4.79 Å². The molecule has 0 atom stereocenters. The van der Waals surface area contributed by atoms with Crippen molar-refractivity contribution in [3.05, 3.63) is 95.3 Å². The van der Waals surface area contributed by atoms with E-state index in [1.807, 2.05) is 71.8 Å². The zero-order valence-electron chi connectivity index (χ0n) is 17.6. The first-order valence-corrected chi connectivity index (χ1v) is 11.1. The zero-order chi connectivity index (χ0) is 21.9. The van der Waals surface area contributed by atoms with E-state index in [2.05, 4.69) is 16.0 Å². The van der Waals surface area contributed by atoms with Gasteiger partial charge >= 0.3 is 0 Å². The zero-order valence-corrected chi connectivity index (χ0v) is 18.4. The average molecular weight is 443 g/mol. The van der Waals surface area contributed by atoms with Gasteiger partial charge in [0.05, 0.1) is 16.8 Å². The predicted octanol–water partition coefficient (Wildman–Crippen LogP) is 4.91. The lowest BCUT2D eigenvalue weighted by molar-refractivity contribution is 0.0630. The number of halogens is 1. The molecule has 5 rings (SSSR count). The van der Waals surface area contributed by atoms with Gasteiger partial charge in [0.2, 0.25) is 0 Å². The van der Waals surface area contributed by atoms with Crippen LogP contribution in [0, 0.1) is 0 Å². The minimum Gasteiger partial charge on any atom is -0.336 e. The molecule has 1 fully saturated rings. The second kappa shape index (κ2) is 9.07. The Kier molecular flexibility index (Phi) is 5.84. The molecule has 2 aromatic carbocycles. The van der Waals surface area contributed by atoms with Crippen LogP contribution in [0.1, 0.15) is 15.9 Å². The quantitative estimate of drug-likeness (QED) is 0.450. The summed E-state index contributed by atoms with van der Waals surface area (Å²) in [5.74, 6) is 0.0398. The number of carbonyl (C=O) groups is 1. The summed E-state index contributed by atoms with van der Waals surface area (Å²) in [6, 6.07) is 21.3. The summed E-state index contributed by atoms with van der Waals surface area (Å²) >= 11 is 6.43. The second-order valence-electron chi connectivity index (χ2n) is 7.98. The third kappa shape index (κ3) is 4.22. The molecule has 6 heteroatoms. The van der Waals surface area contributed by atoms with Crippen LogP contribution in [0.5, 0.6) is 0 Å². The minimum absolute atomic E-state index is 0.0398. The van der Waals surface area contributed by atoms with Crippen LogP contribution in [0.4, 0.5) is 0 Å². The Hall–Kier alpha value is -3.28. The van der Waals surface area contributed by atoms with Gasteiger partial charge in [0.1, 0.15) is 0 Å². The molecule has 2 aromatic heterocycles. The molecule has 0 bridgehead atoms. The van der Waals surface area contributed by atoms with Gasteiger partial charge in [0.15, 0.2) is 0 Å². The summed E-state index contributed by atoms with van der Waals surface area (Å²) in [5, 5.41) is 1.49. The molecule has 0 N–H and O–H groups in total. The van der Waals surface area contributed by atoms with Crippen molar-refractivity contribution in [1.29, 1.82) is 0 Å². The van der Waals surface area contributed by atoms with Crippen LogP contribution in [-0.4, -0.2) is 51.9 Å². The molecule has 3 heterocycles. The van der Waals surface area contributed by atoms with Crippen LogP contribution < -0.4 is 0 Å². The van der Waals surface area contributed by atoms with Gasteiger partial charge in [-0.05, 0) is 29.8 Å². The van der Waals surface area contributed by atoms with Crippen LogP contribution >= 0.6 is 11.6 Å². The summed E-state index contributed by atoms with van der Waals surface area (Å²) in [6.45, 7) is 3.90. The Morgan fingerprint density at radius 1 is 0.938 bits per heavy atom. The number of fused-ring (bicyclic) bond motifs is 1. The molecular formula is C26H23ClN4O. The van der Waals surface area contributed by atoms with Crippen LogP contribution in [0.25, 0.3) is 22.2 Å². The molecular weight excluding hydrogens is 420 g/mol. The Bertz CT molecular complexity index is 1250. The van der Waals surface area contributed by atoms with Gasteiger partial charge in [0.25, 0.3) is 5.91 Å². The summed E-state index contributed by atoms with van der Waals surface area (Å²) in [6.07, 6.45) is 3.69. The summed E-state index contributed by atoms with van der Waals surface area (Å²) in [7, 11) is 0. The standard InChI is InChI=1S/C26H23ClN4O/c27-23-9-3-1-8-21(23)25-16-22(20-7-2-4-10-24(20)29-25)26(32)31-14-12-30(13-15-31)18-19-6-5-11-28-17-19/h1-11,16-17H,12-15,18H2. The number of benzene rings is 2. The number of nitrogens with zero attached hydrogens (tertiary/aromatic N) is 4. The monoisotopic (exact) mass is 442 g/mol. The molecule has 32 heavy (non-hydrogen) atoms. The number of piperazine rings is 1. The highest BCUT2D eigenvalue weighted by Crippen LogP contribution is 2.30. The molecule has 5 nitrogen and oxygen atoms in total. The largest absolute Gasteiger partial charge is 0.336 e. The first-order chi connectivity index (χ1) is 15.7. The summed E-state index contributed by atoms with van der Waals surface area (Å²) in [4.78, 5) is 26.9. The van der Waals surface area contributed by atoms with Crippen LogP contribution in [-0.2, 0) is 6.54 Å². The van der Waals surface area contributed by atoms with Crippen molar-refractivity contribution in [2.24, 2.45) is 0 Å². The van der Waals surface area contributed by atoms with E-state index in [-0.39, 0.29) is 5.91 Å². The molecule has 4 aromatic rings. The second-order valence-corrected chi connectivity index (χ2v) is 8.39. The lowest BCUT2D eigenvalue weighted by Gasteiger charge is -2.35. The topological polar surface area (TPSA) is 49.3 Å². The Labute approximate surface area is 192 Å². The number of amides is 1. The molecule has 1 saturated heterocycles. The van der Waals surface area contributed by atoms with Gasteiger partial charge in [-0.15, -0.1) is 0 Å². The maximum atomic E-state index is 13.6. The molecule has 0 saturated carbocycles. The van der Waals surface area contributed by atoms with Crippen LogP contribution in [0.3, 0.4) is 0 Å². The van der Waals surface area contributed by atoms with Crippen molar-refractivity contribution in [3.8, 4) is 11.3 Å². The molecule has 1 aliphatic rings. The summed E-state index contributed by atoms with van der Waals surface area (Å²) in [5.41, 5.74) is 4.20. The molecule has 1 amide bonds. The van der Waals surface area contributed by atoms with Crippen molar-refractivity contribution in [3.63, 3.8) is 0 Å². The summed E-state index contributed by atoms with van der Waals surface area (Å²) < 4.78 is 0. The van der Waals surface area contributed by atoms with E-state index < -0.39 is 0 Å². The van der Waals surface area contributed by atoms with E-state index >= 15 is 0 Å². The fourth-order valence-corrected chi connectivity index (χ4v) is 4.42. The van der Waals surface area contributed by atoms with Crippen molar-refractivity contribution >= 4 is 28.4 Å². The first kappa shape index (κ1) is 20.6. The molecule has 1 aliphatic heterocycles. The van der Waals surface area contributed by atoms with Gasteiger partial charge < -0.3 is 4.90 Å². The van der Waals surface area contributed by atoms with Gasteiger partial charge in [0, 0.05) is 61.1 Å². The van der Waals surface area contributed by atoms with Gasteiger partial charge in [-0.2, -0.15) is 0 Å². The normalized spacial score (nSPS) is 14.6. The van der Waals surface area contributed by atoms with Gasteiger partial charge in [-0.25, -0.2) is 4.98 Å². The average Bonchev–Trinajstić information content (AvgIpc) is 2.84. The minimum atomic E-state index is 0.0398. The van der Waals surface area contributed by atoms with Gasteiger partial charge in [-0.3, -0.25) is 14.7 Å². The maximum Gasteiger partial charge on any atom is 0.254 e. The fourth-order valence-electron chi connectivity index (χ4n) is 4.19. The number of hydrogen-bond acceptors (Lipinski definition) is 4. The van der Waals surface area contributed by atoms with E-state index in [1.54, 1.807) is 6.20 Å². The smallest absolute Gasteiger partial charge is 0.254 e. The number of aromatic nitrogens is 2. The predicted molar refractivity (Wildman–Crippen MR) is 128 cm³/mol. The van der Waals surface area contributed by atoms with Crippen LogP contribution in [0.2, 0.25) is 5.02 Å². The van der Waals surface area contributed by atoms with Crippen LogP contribution in [0.15, 0.2) is 79.1 Å². The number of hydrogen-bond donors (Lipinski definition) is 0. The van der Waals surface area contributed by atoms with E-state index in [1.165, 1.54) is 5.56 Å². The number of pyridine rings is 2. The number of para-hydroxylation sites is 1. The molecule has 0 unspecified atom stereocenters. The Morgan fingerprint density at radius 2 is 1.72 bits per heavy atom. The van der Waals surface area contributed by atoms with Crippen molar-refractivity contribution < 1.29 is 4.79 Å². The molecule has 0 aliphatic carbocycles. The van der Waals surface area contributed by atoms with Crippen molar-refractivity contribution in [2.75, 3.05) is 26.2 Å². The van der Waals surface area contributed by atoms with E-state index in [4.69, 9.17) is 16.6 Å². The number of carbonyl (C=O) groups excluding carboxylic acids is 1. The first-order valence-electron chi connectivity index (χ1n) is 10.7. The highest BCUT2D eigenvalue weighted by molar-refractivity contribution is 6.33. The fraction of sp³-hybridized carbons (Fsp3) is 0.192. The Balaban J connectivity index is 1.40. The van der Waals surface area contributed by atoms with E-state index in [0.717, 1.165) is 36.1 Å². The van der Waals surface area contributed by atoms with Crippen molar-refractivity contribution in [1.82, 2.24) is 19.8 Å². The molecule has 0 spiro atoms. The van der Waals surface area contributed by atoms with E-state index in [0.29, 0.717) is 29.4 Å². The maximum absolute atomic E-state index is 13.6. The highest BCUT2D eigenvalue weighted by Gasteiger charge is 2.24. The highest BCUT2D eigenvalue weighted by atomic mass is 35.5. The third-order valence-corrected chi connectivity index (χ3v) is 6.21. The lowest BCUT2D eigenvalue weighted by Crippen LogP contribution is -2.48. The van der Waals surface area contributed by atoms with Crippen molar-refractivity contribution in [2.45, 2.75) is 6.54 Å². The third-order valence-electron chi connectivity index (χ3n) is 5.88. The Morgan fingerprint density at radius 3 is 2.50 bits per heavy atom. The van der Waals surface area contributed by atoms with Gasteiger partial charge in [-0.1, -0.05) is 54.1 Å². The number of rotatable bonds is 4. The molecule has 160 valence electrons. The molecule has 0 radical (unpaired) electrons. The SMILES string of the molecule is O=C(c1cc(-c2ccccc2Cl)nc2ccccc12)N1CCN(Cc2cccnc2)CC1.